The molecule has 15 heavy (non-hydrogen) atoms. The minimum Gasteiger partial charge on any atom is -0.492 e. The Kier molecular flexibility index (Phi) is 2.95. The maximum absolute atomic E-state index is 10.8. The van der Waals surface area contributed by atoms with Crippen molar-refractivity contribution in [3.8, 4) is 5.75 Å². The van der Waals surface area contributed by atoms with Crippen LogP contribution in [-0.4, -0.2) is 17.7 Å². The van der Waals surface area contributed by atoms with Gasteiger partial charge in [-0.3, -0.25) is 0 Å². The molecule has 0 radical (unpaired) electrons. The van der Waals surface area contributed by atoms with Crippen LogP contribution in [0.5, 0.6) is 5.75 Å². The van der Waals surface area contributed by atoms with Gasteiger partial charge in [-0.2, -0.15) is 0 Å². The van der Waals surface area contributed by atoms with Gasteiger partial charge in [0.2, 0.25) is 0 Å². The number of carboxylic acids is 1. The molecule has 0 aromatic heterocycles. The molecule has 1 aliphatic rings. The second-order valence-electron chi connectivity index (χ2n) is 3.68. The number of hydrogen-bond acceptors (Lipinski definition) is 2. The Morgan fingerprint density at radius 2 is 2.27 bits per heavy atom. The van der Waals surface area contributed by atoms with Crippen molar-refractivity contribution in [2.75, 3.05) is 6.61 Å². The van der Waals surface area contributed by atoms with E-state index < -0.39 is 5.97 Å². The summed E-state index contributed by atoms with van der Waals surface area (Å²) in [7, 11) is 0. The van der Waals surface area contributed by atoms with Gasteiger partial charge in [0.05, 0.1) is 16.6 Å². The van der Waals surface area contributed by atoms with E-state index in [1.54, 1.807) is 18.2 Å². The SMILES string of the molecule is O=C(O)c1cccc(OCC2CC2)c1Br. The summed E-state index contributed by atoms with van der Waals surface area (Å²) in [5, 5.41) is 8.89. The summed E-state index contributed by atoms with van der Waals surface area (Å²) in [5.41, 5.74) is 0.239. The minimum atomic E-state index is -0.946. The molecule has 1 aromatic carbocycles. The number of ether oxygens (including phenoxy) is 1. The van der Waals surface area contributed by atoms with Crippen LogP contribution in [-0.2, 0) is 0 Å². The zero-order valence-electron chi connectivity index (χ0n) is 8.07. The van der Waals surface area contributed by atoms with Crippen molar-refractivity contribution in [1.82, 2.24) is 0 Å². The Labute approximate surface area is 96.2 Å². The lowest BCUT2D eigenvalue weighted by molar-refractivity contribution is 0.0695. The Bertz CT molecular complexity index is 385. The van der Waals surface area contributed by atoms with Gasteiger partial charge in [0, 0.05) is 0 Å². The second-order valence-corrected chi connectivity index (χ2v) is 4.47. The molecule has 1 fully saturated rings. The summed E-state index contributed by atoms with van der Waals surface area (Å²) in [4.78, 5) is 10.8. The molecule has 2 rings (SSSR count). The van der Waals surface area contributed by atoms with Crippen LogP contribution < -0.4 is 4.74 Å². The first-order valence-corrected chi connectivity index (χ1v) is 5.62. The molecule has 0 atom stereocenters. The van der Waals surface area contributed by atoms with Gasteiger partial charge in [0.25, 0.3) is 0 Å². The van der Waals surface area contributed by atoms with Gasteiger partial charge in [-0.15, -0.1) is 0 Å². The predicted molar refractivity (Wildman–Crippen MR) is 59.3 cm³/mol. The maximum Gasteiger partial charge on any atom is 0.336 e. The zero-order valence-corrected chi connectivity index (χ0v) is 9.66. The average Bonchev–Trinajstić information content (AvgIpc) is 2.99. The largest absolute Gasteiger partial charge is 0.492 e. The fourth-order valence-electron chi connectivity index (χ4n) is 1.28. The van der Waals surface area contributed by atoms with Crippen LogP contribution in [0.25, 0.3) is 0 Å². The highest BCUT2D eigenvalue weighted by atomic mass is 79.9. The topological polar surface area (TPSA) is 46.5 Å². The molecular formula is C11H11BrO3. The first-order valence-electron chi connectivity index (χ1n) is 4.83. The first-order chi connectivity index (χ1) is 7.18. The number of halogens is 1. The molecular weight excluding hydrogens is 260 g/mol. The van der Waals surface area contributed by atoms with Gasteiger partial charge in [-0.05, 0) is 46.8 Å². The van der Waals surface area contributed by atoms with Crippen LogP contribution in [0.1, 0.15) is 23.2 Å². The van der Waals surface area contributed by atoms with Gasteiger partial charge in [-0.1, -0.05) is 6.07 Å². The highest BCUT2D eigenvalue weighted by Crippen LogP contribution is 2.33. The molecule has 0 bridgehead atoms. The summed E-state index contributed by atoms with van der Waals surface area (Å²) in [6, 6.07) is 5.02. The summed E-state index contributed by atoms with van der Waals surface area (Å²) in [6.07, 6.45) is 2.44. The van der Waals surface area contributed by atoms with Gasteiger partial charge in [-0.25, -0.2) is 4.79 Å². The molecule has 4 heteroatoms. The van der Waals surface area contributed by atoms with E-state index in [9.17, 15) is 4.79 Å². The third-order valence-electron chi connectivity index (χ3n) is 2.37. The first kappa shape index (κ1) is 10.5. The van der Waals surface area contributed by atoms with Crippen LogP contribution in [0.3, 0.4) is 0 Å². The van der Waals surface area contributed by atoms with E-state index in [2.05, 4.69) is 15.9 Å². The molecule has 0 saturated heterocycles. The smallest absolute Gasteiger partial charge is 0.336 e. The standard InChI is InChI=1S/C11H11BrO3/c12-10-8(11(13)14)2-1-3-9(10)15-6-7-4-5-7/h1-3,7H,4-6H2,(H,13,14). The molecule has 1 aromatic rings. The normalized spacial score (nSPS) is 15.0. The highest BCUT2D eigenvalue weighted by molar-refractivity contribution is 9.10. The summed E-state index contributed by atoms with van der Waals surface area (Å²) in [5.74, 6) is 0.325. The molecule has 1 N–H and O–H groups in total. The van der Waals surface area contributed by atoms with Gasteiger partial charge >= 0.3 is 5.97 Å². The van der Waals surface area contributed by atoms with Crippen LogP contribution in [0.2, 0.25) is 0 Å². The molecule has 0 heterocycles. The van der Waals surface area contributed by atoms with Crippen molar-refractivity contribution in [3.63, 3.8) is 0 Å². The van der Waals surface area contributed by atoms with Gasteiger partial charge in [0.1, 0.15) is 5.75 Å². The van der Waals surface area contributed by atoms with Crippen LogP contribution in [0, 0.1) is 5.92 Å². The number of aromatic carboxylic acids is 1. The quantitative estimate of drug-likeness (QED) is 0.915. The molecule has 0 spiro atoms. The van der Waals surface area contributed by atoms with E-state index in [4.69, 9.17) is 9.84 Å². The van der Waals surface area contributed by atoms with E-state index in [0.29, 0.717) is 22.7 Å². The monoisotopic (exact) mass is 270 g/mol. The van der Waals surface area contributed by atoms with Gasteiger partial charge < -0.3 is 9.84 Å². The molecule has 3 nitrogen and oxygen atoms in total. The molecule has 1 aliphatic carbocycles. The zero-order chi connectivity index (χ0) is 10.8. The maximum atomic E-state index is 10.8. The van der Waals surface area contributed by atoms with Gasteiger partial charge in [0.15, 0.2) is 0 Å². The lowest BCUT2D eigenvalue weighted by atomic mass is 10.2. The van der Waals surface area contributed by atoms with Crippen molar-refractivity contribution in [3.05, 3.63) is 28.2 Å². The van der Waals surface area contributed by atoms with E-state index in [1.165, 1.54) is 12.8 Å². The summed E-state index contributed by atoms with van der Waals surface area (Å²) in [6.45, 7) is 0.682. The lowest BCUT2D eigenvalue weighted by Crippen LogP contribution is -2.03. The molecule has 0 amide bonds. The Hall–Kier alpha value is -1.03. The van der Waals surface area contributed by atoms with Crippen molar-refractivity contribution in [2.24, 2.45) is 5.92 Å². The lowest BCUT2D eigenvalue weighted by Gasteiger charge is -2.08. The highest BCUT2D eigenvalue weighted by Gasteiger charge is 2.22. The van der Waals surface area contributed by atoms with Crippen molar-refractivity contribution in [2.45, 2.75) is 12.8 Å². The molecule has 1 saturated carbocycles. The van der Waals surface area contributed by atoms with Crippen LogP contribution in [0.15, 0.2) is 22.7 Å². The number of benzene rings is 1. The van der Waals surface area contributed by atoms with E-state index in [1.807, 2.05) is 0 Å². The predicted octanol–water partition coefficient (Wildman–Crippen LogP) is 2.94. The second kappa shape index (κ2) is 4.23. The third kappa shape index (κ3) is 2.50. The number of rotatable bonds is 4. The number of carbonyl (C=O) groups is 1. The van der Waals surface area contributed by atoms with Crippen molar-refractivity contribution >= 4 is 21.9 Å². The van der Waals surface area contributed by atoms with Crippen LogP contribution in [0.4, 0.5) is 0 Å². The minimum absolute atomic E-state index is 0.239. The van der Waals surface area contributed by atoms with Crippen LogP contribution >= 0.6 is 15.9 Å². The fraction of sp³-hybridized carbons (Fsp3) is 0.364. The Morgan fingerprint density at radius 1 is 1.53 bits per heavy atom. The fourth-order valence-corrected chi connectivity index (χ4v) is 1.83. The molecule has 80 valence electrons. The molecule has 0 aliphatic heterocycles. The Morgan fingerprint density at radius 3 is 2.87 bits per heavy atom. The Balaban J connectivity index is 2.14. The number of carboxylic acid groups (broad SMARTS) is 1. The van der Waals surface area contributed by atoms with Crippen molar-refractivity contribution in [1.29, 1.82) is 0 Å². The third-order valence-corrected chi connectivity index (χ3v) is 3.18. The van der Waals surface area contributed by atoms with Crippen molar-refractivity contribution < 1.29 is 14.6 Å². The van der Waals surface area contributed by atoms with E-state index in [0.717, 1.165) is 0 Å². The van der Waals surface area contributed by atoms with E-state index in [-0.39, 0.29) is 5.56 Å². The summed E-state index contributed by atoms with van der Waals surface area (Å²) < 4.78 is 6.07. The molecule has 0 unspecified atom stereocenters. The van der Waals surface area contributed by atoms with E-state index >= 15 is 0 Å². The number of hydrogen-bond donors (Lipinski definition) is 1. The average molecular weight is 271 g/mol. The summed E-state index contributed by atoms with van der Waals surface area (Å²) >= 11 is 3.25.